The molecule has 2 aromatic rings. The first kappa shape index (κ1) is 18.5. The predicted octanol–water partition coefficient (Wildman–Crippen LogP) is 3.15. The minimum absolute atomic E-state index is 0.0383. The molecule has 9 heteroatoms. The first-order valence-corrected chi connectivity index (χ1v) is 9.38. The zero-order valence-corrected chi connectivity index (χ0v) is 15.6. The van der Waals surface area contributed by atoms with Gasteiger partial charge in [0, 0.05) is 38.3 Å². The standard InChI is InChI=1S/C19H22F2N6O/c1-26-11-13(10-23-26)24-19-22-7-6-16(25-19)12-8-14-2-3-15(9-12)27(14)18(28)5-4-17(20)21/h6-8,10-11,14-15,17H,2-5,9H2,1H3,(H,22,24,25). The number of nitrogens with one attached hydrogen (secondary N) is 1. The third-order valence-electron chi connectivity index (χ3n) is 5.21. The number of halogens is 2. The Bertz CT molecular complexity index is 896. The fourth-order valence-corrected chi connectivity index (χ4v) is 3.98. The third kappa shape index (κ3) is 3.88. The van der Waals surface area contributed by atoms with Crippen molar-refractivity contribution in [1.82, 2.24) is 24.6 Å². The number of aromatic nitrogens is 4. The van der Waals surface area contributed by atoms with Gasteiger partial charge in [-0.15, -0.1) is 0 Å². The van der Waals surface area contributed by atoms with E-state index in [0.29, 0.717) is 12.4 Å². The number of amides is 1. The van der Waals surface area contributed by atoms with Crippen LogP contribution in [0.15, 0.2) is 30.7 Å². The Balaban J connectivity index is 1.49. The number of aryl methyl sites for hydroxylation is 1. The summed E-state index contributed by atoms with van der Waals surface area (Å²) in [6.45, 7) is 0. The summed E-state index contributed by atoms with van der Waals surface area (Å²) in [6, 6.07) is 1.87. The summed E-state index contributed by atoms with van der Waals surface area (Å²) in [5.74, 6) is 0.305. The van der Waals surface area contributed by atoms with E-state index in [1.165, 1.54) is 0 Å². The first-order chi connectivity index (χ1) is 13.5. The number of hydrogen-bond acceptors (Lipinski definition) is 5. The van der Waals surface area contributed by atoms with Crippen molar-refractivity contribution in [3.05, 3.63) is 36.4 Å². The summed E-state index contributed by atoms with van der Waals surface area (Å²) in [5.41, 5.74) is 2.69. The van der Waals surface area contributed by atoms with Crippen LogP contribution < -0.4 is 5.32 Å². The Morgan fingerprint density at radius 3 is 2.96 bits per heavy atom. The minimum atomic E-state index is -2.44. The monoisotopic (exact) mass is 388 g/mol. The van der Waals surface area contributed by atoms with E-state index in [0.717, 1.165) is 29.8 Å². The first-order valence-electron chi connectivity index (χ1n) is 9.38. The van der Waals surface area contributed by atoms with Crippen LogP contribution >= 0.6 is 0 Å². The molecule has 4 heterocycles. The maximum atomic E-state index is 12.4. The highest BCUT2D eigenvalue weighted by molar-refractivity contribution is 5.80. The number of hydrogen-bond donors (Lipinski definition) is 1. The minimum Gasteiger partial charge on any atom is -0.333 e. The lowest BCUT2D eigenvalue weighted by molar-refractivity contribution is -0.134. The van der Waals surface area contributed by atoms with Gasteiger partial charge in [-0.25, -0.2) is 18.7 Å². The molecule has 7 nitrogen and oxygen atoms in total. The Morgan fingerprint density at radius 2 is 2.25 bits per heavy atom. The molecule has 2 unspecified atom stereocenters. The van der Waals surface area contributed by atoms with E-state index in [1.807, 2.05) is 19.3 Å². The Kier molecular flexibility index (Phi) is 5.06. The summed E-state index contributed by atoms with van der Waals surface area (Å²) in [5, 5.41) is 7.23. The summed E-state index contributed by atoms with van der Waals surface area (Å²) in [6.07, 6.45) is 6.80. The number of fused-ring (bicyclic) bond motifs is 2. The zero-order chi connectivity index (χ0) is 19.7. The number of nitrogens with zero attached hydrogens (tertiary/aromatic N) is 5. The van der Waals surface area contributed by atoms with E-state index >= 15 is 0 Å². The van der Waals surface area contributed by atoms with E-state index in [9.17, 15) is 13.6 Å². The normalized spacial score (nSPS) is 21.1. The van der Waals surface area contributed by atoms with E-state index in [2.05, 4.69) is 26.5 Å². The average molecular weight is 388 g/mol. The highest BCUT2D eigenvalue weighted by Crippen LogP contribution is 2.38. The molecule has 2 atom stereocenters. The molecule has 4 rings (SSSR count). The summed E-state index contributed by atoms with van der Waals surface area (Å²) < 4.78 is 26.6. The van der Waals surface area contributed by atoms with Gasteiger partial charge in [0.1, 0.15) is 0 Å². The van der Waals surface area contributed by atoms with Gasteiger partial charge in [0.05, 0.1) is 23.6 Å². The predicted molar refractivity (Wildman–Crippen MR) is 100 cm³/mol. The van der Waals surface area contributed by atoms with Gasteiger partial charge in [0.15, 0.2) is 0 Å². The highest BCUT2D eigenvalue weighted by Gasteiger charge is 2.39. The maximum Gasteiger partial charge on any atom is 0.239 e. The van der Waals surface area contributed by atoms with Crippen molar-refractivity contribution in [2.24, 2.45) is 7.05 Å². The lowest BCUT2D eigenvalue weighted by atomic mass is 9.98. The molecule has 28 heavy (non-hydrogen) atoms. The van der Waals surface area contributed by atoms with Crippen molar-refractivity contribution < 1.29 is 13.6 Å². The van der Waals surface area contributed by atoms with Crippen molar-refractivity contribution in [3.63, 3.8) is 0 Å². The molecule has 1 N–H and O–H groups in total. The van der Waals surface area contributed by atoms with Crippen molar-refractivity contribution >= 4 is 23.1 Å². The summed E-state index contributed by atoms with van der Waals surface area (Å²) in [4.78, 5) is 23.0. The van der Waals surface area contributed by atoms with Crippen LogP contribution in [-0.4, -0.2) is 49.1 Å². The van der Waals surface area contributed by atoms with Gasteiger partial charge >= 0.3 is 0 Å². The Hall–Kier alpha value is -2.84. The fraction of sp³-hybridized carbons (Fsp3) is 0.474. The molecular weight excluding hydrogens is 366 g/mol. The second-order valence-electron chi connectivity index (χ2n) is 7.22. The van der Waals surface area contributed by atoms with E-state index in [1.54, 1.807) is 22.0 Å². The molecule has 0 aromatic carbocycles. The van der Waals surface area contributed by atoms with Gasteiger partial charge in [-0.3, -0.25) is 9.48 Å². The van der Waals surface area contributed by atoms with Gasteiger partial charge < -0.3 is 10.2 Å². The number of alkyl halides is 2. The van der Waals surface area contributed by atoms with Crippen LogP contribution in [0.1, 0.15) is 37.8 Å². The molecule has 2 bridgehead atoms. The lowest BCUT2D eigenvalue weighted by Crippen LogP contribution is -2.43. The van der Waals surface area contributed by atoms with Crippen LogP contribution in [0.3, 0.4) is 0 Å². The number of carbonyl (C=O) groups excluding carboxylic acids is 1. The molecule has 2 aromatic heterocycles. The highest BCUT2D eigenvalue weighted by atomic mass is 19.3. The SMILES string of the molecule is Cn1cc(Nc2nccc(C3=CC4CCC(C3)N4C(=O)CCC(F)F)n2)cn1. The molecule has 0 radical (unpaired) electrons. The van der Waals surface area contributed by atoms with E-state index < -0.39 is 6.43 Å². The molecule has 1 fully saturated rings. The van der Waals surface area contributed by atoms with Crippen LogP contribution in [0.2, 0.25) is 0 Å². The zero-order valence-electron chi connectivity index (χ0n) is 15.6. The lowest BCUT2D eigenvalue weighted by Gasteiger charge is -2.34. The Morgan fingerprint density at radius 1 is 1.39 bits per heavy atom. The molecule has 2 aliphatic heterocycles. The van der Waals surface area contributed by atoms with Crippen LogP contribution in [0.4, 0.5) is 20.4 Å². The molecular formula is C19H22F2N6O. The van der Waals surface area contributed by atoms with Gasteiger partial charge in [-0.05, 0) is 30.9 Å². The van der Waals surface area contributed by atoms with Crippen LogP contribution in [0.5, 0.6) is 0 Å². The molecule has 2 aliphatic rings. The molecule has 1 amide bonds. The maximum absolute atomic E-state index is 12.4. The number of carbonyl (C=O) groups is 1. The molecule has 1 saturated heterocycles. The smallest absolute Gasteiger partial charge is 0.239 e. The number of rotatable bonds is 6. The largest absolute Gasteiger partial charge is 0.333 e. The van der Waals surface area contributed by atoms with Gasteiger partial charge in [-0.2, -0.15) is 5.10 Å². The Labute approximate surface area is 161 Å². The van der Waals surface area contributed by atoms with Gasteiger partial charge in [0.2, 0.25) is 18.3 Å². The molecule has 148 valence electrons. The summed E-state index contributed by atoms with van der Waals surface area (Å²) in [7, 11) is 1.83. The summed E-state index contributed by atoms with van der Waals surface area (Å²) >= 11 is 0. The van der Waals surface area contributed by atoms with E-state index in [-0.39, 0.29) is 30.8 Å². The number of anilines is 2. The van der Waals surface area contributed by atoms with Crippen LogP contribution in [0.25, 0.3) is 5.57 Å². The van der Waals surface area contributed by atoms with Gasteiger partial charge in [-0.1, -0.05) is 6.08 Å². The quantitative estimate of drug-likeness (QED) is 0.823. The van der Waals surface area contributed by atoms with E-state index in [4.69, 9.17) is 0 Å². The van der Waals surface area contributed by atoms with Crippen molar-refractivity contribution in [2.75, 3.05) is 5.32 Å². The topological polar surface area (TPSA) is 75.9 Å². The molecule has 0 spiro atoms. The van der Waals surface area contributed by atoms with Gasteiger partial charge in [0.25, 0.3) is 0 Å². The van der Waals surface area contributed by atoms with Crippen molar-refractivity contribution in [1.29, 1.82) is 0 Å². The van der Waals surface area contributed by atoms with Crippen LogP contribution in [0, 0.1) is 0 Å². The fourth-order valence-electron chi connectivity index (χ4n) is 3.98. The third-order valence-corrected chi connectivity index (χ3v) is 5.21. The van der Waals surface area contributed by atoms with Crippen LogP contribution in [-0.2, 0) is 11.8 Å². The van der Waals surface area contributed by atoms with Crippen molar-refractivity contribution in [2.45, 2.75) is 50.6 Å². The second-order valence-corrected chi connectivity index (χ2v) is 7.22. The van der Waals surface area contributed by atoms with Crippen molar-refractivity contribution in [3.8, 4) is 0 Å². The second kappa shape index (κ2) is 7.65. The molecule has 0 saturated carbocycles. The average Bonchev–Trinajstić information content (AvgIpc) is 3.19. The molecule has 0 aliphatic carbocycles.